The molecule has 1 amide bonds. The summed E-state index contributed by atoms with van der Waals surface area (Å²) in [5, 5.41) is 2.01. The molecule has 1 atom stereocenters. The van der Waals surface area contributed by atoms with Crippen molar-refractivity contribution in [2.24, 2.45) is 5.92 Å². The number of anilines is 1. The molecule has 2 aromatic carbocycles. The number of carbonyl (C=O) groups excluding carboxylic acids is 1. The Bertz CT molecular complexity index is 1130. The highest BCUT2D eigenvalue weighted by Crippen LogP contribution is 2.36. The molecule has 1 N–H and O–H groups in total. The summed E-state index contributed by atoms with van der Waals surface area (Å²) in [6.45, 7) is 5.59. The van der Waals surface area contributed by atoms with Gasteiger partial charge >= 0.3 is 6.18 Å². The van der Waals surface area contributed by atoms with Gasteiger partial charge in [-0.3, -0.25) is 4.79 Å². The number of benzene rings is 2. The highest BCUT2D eigenvalue weighted by Gasteiger charge is 2.36. The molecule has 0 saturated carbocycles. The van der Waals surface area contributed by atoms with Crippen LogP contribution in [0.5, 0.6) is 0 Å². The Morgan fingerprint density at radius 2 is 1.75 bits per heavy atom. The number of alkyl halides is 3. The Balaban J connectivity index is 1.80. The number of halogens is 4. The van der Waals surface area contributed by atoms with E-state index in [0.29, 0.717) is 24.0 Å². The molecule has 0 aromatic heterocycles. The molecule has 0 unspecified atom stereocenters. The highest BCUT2D eigenvalue weighted by molar-refractivity contribution is 7.89. The fourth-order valence-corrected chi connectivity index (χ4v) is 6.30. The highest BCUT2D eigenvalue weighted by atomic mass is 35.5. The number of nitrogens with zero attached hydrogens (tertiary/aromatic N) is 1. The van der Waals surface area contributed by atoms with Crippen LogP contribution in [-0.2, 0) is 21.0 Å². The largest absolute Gasteiger partial charge is 0.417 e. The number of aryl methyl sites for hydroxylation is 3. The van der Waals surface area contributed by atoms with Crippen LogP contribution in [0.3, 0.4) is 0 Å². The molecule has 0 radical (unpaired) electrons. The number of piperidine rings is 1. The minimum absolute atomic E-state index is 0.0410. The lowest BCUT2D eigenvalue weighted by Gasteiger charge is -2.32. The summed E-state index contributed by atoms with van der Waals surface area (Å²) < 4.78 is 67.2. The summed E-state index contributed by atoms with van der Waals surface area (Å²) in [6, 6.07) is 6.72. The predicted molar refractivity (Wildman–Crippen MR) is 117 cm³/mol. The lowest BCUT2D eigenvalue weighted by atomic mass is 9.98. The molecule has 1 aliphatic heterocycles. The number of hydrogen-bond acceptors (Lipinski definition) is 3. The van der Waals surface area contributed by atoms with Crippen LogP contribution in [0.4, 0.5) is 18.9 Å². The predicted octanol–water partition coefficient (Wildman–Crippen LogP) is 5.32. The van der Waals surface area contributed by atoms with Crippen LogP contribution in [0.2, 0.25) is 5.02 Å². The van der Waals surface area contributed by atoms with Crippen LogP contribution in [0, 0.1) is 26.7 Å². The second-order valence-electron chi connectivity index (χ2n) is 8.11. The van der Waals surface area contributed by atoms with Crippen molar-refractivity contribution < 1.29 is 26.4 Å². The SMILES string of the molecule is Cc1cc(C)c(S(=O)(=O)N2CCC[C@@H](C(=O)Nc3ccc(Cl)c(C(F)(F)F)c3)C2)c(C)c1. The molecule has 1 heterocycles. The normalized spacial score (nSPS) is 17.9. The number of carbonyl (C=O) groups is 1. The first-order valence-corrected chi connectivity index (χ1v) is 11.9. The van der Waals surface area contributed by atoms with Crippen molar-refractivity contribution >= 4 is 33.2 Å². The summed E-state index contributed by atoms with van der Waals surface area (Å²) in [5.74, 6) is -1.22. The van der Waals surface area contributed by atoms with Gasteiger partial charge in [-0.1, -0.05) is 29.3 Å². The summed E-state index contributed by atoms with van der Waals surface area (Å²) in [5.41, 5.74) is 1.13. The van der Waals surface area contributed by atoms with Gasteiger partial charge in [0.1, 0.15) is 0 Å². The smallest absolute Gasteiger partial charge is 0.326 e. The van der Waals surface area contributed by atoms with E-state index in [1.807, 2.05) is 6.92 Å². The summed E-state index contributed by atoms with van der Waals surface area (Å²) in [7, 11) is -3.82. The van der Waals surface area contributed by atoms with Crippen LogP contribution >= 0.6 is 11.6 Å². The second kappa shape index (κ2) is 9.03. The van der Waals surface area contributed by atoms with Crippen LogP contribution in [-0.4, -0.2) is 31.7 Å². The van der Waals surface area contributed by atoms with E-state index in [1.165, 1.54) is 10.4 Å². The molecule has 32 heavy (non-hydrogen) atoms. The number of hydrogen-bond donors (Lipinski definition) is 1. The molecular weight excluding hydrogens is 465 g/mol. The average Bonchev–Trinajstić information content (AvgIpc) is 2.67. The van der Waals surface area contributed by atoms with Crippen molar-refractivity contribution in [3.05, 3.63) is 57.6 Å². The minimum atomic E-state index is -4.66. The number of nitrogens with one attached hydrogen (secondary N) is 1. The molecular formula is C22H24ClF3N2O3S. The quantitative estimate of drug-likeness (QED) is 0.633. The van der Waals surface area contributed by atoms with Crippen LogP contribution in [0.15, 0.2) is 35.2 Å². The molecule has 0 spiro atoms. The number of sulfonamides is 1. The van der Waals surface area contributed by atoms with Crippen LogP contribution in [0.25, 0.3) is 0 Å². The third-order valence-corrected chi connectivity index (χ3v) is 8.00. The maximum atomic E-state index is 13.3. The van der Waals surface area contributed by atoms with E-state index in [0.717, 1.165) is 17.7 Å². The summed E-state index contributed by atoms with van der Waals surface area (Å²) >= 11 is 5.62. The lowest BCUT2D eigenvalue weighted by molar-refractivity contribution is -0.137. The maximum Gasteiger partial charge on any atom is 0.417 e. The molecule has 1 aliphatic rings. The Kier molecular flexibility index (Phi) is 6.93. The van der Waals surface area contributed by atoms with Crippen LogP contribution < -0.4 is 5.32 Å². The van der Waals surface area contributed by atoms with Gasteiger partial charge in [-0.2, -0.15) is 17.5 Å². The van der Waals surface area contributed by atoms with Gasteiger partial charge in [0.2, 0.25) is 15.9 Å². The average molecular weight is 489 g/mol. The van der Waals surface area contributed by atoms with E-state index in [1.54, 1.807) is 26.0 Å². The second-order valence-corrected chi connectivity index (χ2v) is 10.4. The first kappa shape index (κ1) is 24.5. The molecule has 3 rings (SSSR count). The van der Waals surface area contributed by atoms with Gasteiger partial charge in [0.15, 0.2) is 0 Å². The molecule has 10 heteroatoms. The standard InChI is InChI=1S/C22H24ClF3N2O3S/c1-13-9-14(2)20(15(3)10-13)32(30,31)28-8-4-5-16(12-28)21(29)27-17-6-7-19(23)18(11-17)22(24,25)26/h6-7,9-11,16H,4-5,8,12H2,1-3H3,(H,27,29)/t16-/m1/s1. The van der Waals surface area contributed by atoms with Gasteiger partial charge in [-0.25, -0.2) is 8.42 Å². The Morgan fingerprint density at radius 3 is 2.34 bits per heavy atom. The summed E-state index contributed by atoms with van der Waals surface area (Å²) in [4.78, 5) is 13.0. The van der Waals surface area contributed by atoms with E-state index in [9.17, 15) is 26.4 Å². The first-order valence-electron chi connectivity index (χ1n) is 10.1. The third kappa shape index (κ3) is 5.10. The van der Waals surface area contributed by atoms with Gasteiger partial charge in [0.05, 0.1) is 21.4 Å². The monoisotopic (exact) mass is 488 g/mol. The summed E-state index contributed by atoms with van der Waals surface area (Å²) in [6.07, 6.45) is -3.75. The Hall–Kier alpha value is -2.10. The van der Waals surface area contributed by atoms with Crippen molar-refractivity contribution in [2.75, 3.05) is 18.4 Å². The van der Waals surface area contributed by atoms with Crippen molar-refractivity contribution in [3.8, 4) is 0 Å². The Morgan fingerprint density at radius 1 is 1.12 bits per heavy atom. The molecule has 0 bridgehead atoms. The lowest BCUT2D eigenvalue weighted by Crippen LogP contribution is -2.44. The van der Waals surface area contributed by atoms with Crippen molar-refractivity contribution in [1.29, 1.82) is 0 Å². The fourth-order valence-electron chi connectivity index (χ4n) is 4.14. The number of rotatable bonds is 4. The number of amides is 1. The molecule has 1 saturated heterocycles. The van der Waals surface area contributed by atoms with Gasteiger partial charge in [-0.05, 0) is 62.9 Å². The van der Waals surface area contributed by atoms with Gasteiger partial charge in [0, 0.05) is 18.8 Å². The molecule has 174 valence electrons. The van der Waals surface area contributed by atoms with E-state index < -0.39 is 38.6 Å². The van der Waals surface area contributed by atoms with Crippen LogP contribution in [0.1, 0.15) is 35.1 Å². The van der Waals surface area contributed by atoms with E-state index in [4.69, 9.17) is 11.6 Å². The fraction of sp³-hybridized carbons (Fsp3) is 0.409. The first-order chi connectivity index (χ1) is 14.8. The van der Waals surface area contributed by atoms with Crippen molar-refractivity contribution in [2.45, 2.75) is 44.7 Å². The zero-order valence-electron chi connectivity index (χ0n) is 17.9. The topological polar surface area (TPSA) is 66.5 Å². The molecule has 2 aromatic rings. The molecule has 1 fully saturated rings. The third-order valence-electron chi connectivity index (χ3n) is 5.50. The Labute approximate surface area is 190 Å². The van der Waals surface area contributed by atoms with E-state index in [-0.39, 0.29) is 23.7 Å². The van der Waals surface area contributed by atoms with E-state index in [2.05, 4.69) is 5.32 Å². The minimum Gasteiger partial charge on any atom is -0.326 e. The zero-order valence-corrected chi connectivity index (χ0v) is 19.5. The zero-order chi connectivity index (χ0) is 23.8. The van der Waals surface area contributed by atoms with Gasteiger partial charge in [0.25, 0.3) is 0 Å². The molecule has 5 nitrogen and oxygen atoms in total. The van der Waals surface area contributed by atoms with E-state index >= 15 is 0 Å². The maximum absolute atomic E-state index is 13.3. The van der Waals surface area contributed by atoms with Gasteiger partial charge in [-0.15, -0.1) is 0 Å². The van der Waals surface area contributed by atoms with Gasteiger partial charge < -0.3 is 5.32 Å². The van der Waals surface area contributed by atoms with Crippen molar-refractivity contribution in [1.82, 2.24) is 4.31 Å². The molecule has 0 aliphatic carbocycles. The van der Waals surface area contributed by atoms with Crippen molar-refractivity contribution in [3.63, 3.8) is 0 Å².